The molecule has 1 aromatic carbocycles. The maximum atomic E-state index is 11.8. The van der Waals surface area contributed by atoms with Crippen molar-refractivity contribution in [2.45, 2.75) is 20.4 Å². The number of aryl methyl sites for hydroxylation is 1. The van der Waals surface area contributed by atoms with Crippen molar-refractivity contribution in [2.75, 3.05) is 32.8 Å². The maximum absolute atomic E-state index is 11.8. The van der Waals surface area contributed by atoms with Crippen LogP contribution < -0.4 is 0 Å². The van der Waals surface area contributed by atoms with Crippen molar-refractivity contribution in [3.8, 4) is 0 Å². The number of benzene rings is 1. The molecule has 0 radical (unpaired) electrons. The first-order chi connectivity index (χ1) is 10.1. The minimum Gasteiger partial charge on any atom is -0.459 e. The van der Waals surface area contributed by atoms with Gasteiger partial charge in [0.15, 0.2) is 0 Å². The van der Waals surface area contributed by atoms with Crippen LogP contribution in [0.25, 0.3) is 0 Å². The number of rotatable bonds is 3. The number of piperazine rings is 1. The first-order valence-electron chi connectivity index (χ1n) is 7.34. The van der Waals surface area contributed by atoms with E-state index >= 15 is 0 Å². The van der Waals surface area contributed by atoms with Crippen LogP contribution in [-0.2, 0) is 20.9 Å². The number of amides is 1. The lowest BCUT2D eigenvalue weighted by Gasteiger charge is -2.34. The second kappa shape index (κ2) is 7.22. The van der Waals surface area contributed by atoms with Gasteiger partial charge in [0.1, 0.15) is 0 Å². The third-order valence-electron chi connectivity index (χ3n) is 3.64. The molecule has 1 saturated heterocycles. The van der Waals surface area contributed by atoms with E-state index in [1.165, 1.54) is 11.1 Å². The van der Waals surface area contributed by atoms with Gasteiger partial charge in [-0.3, -0.25) is 9.69 Å². The Hall–Kier alpha value is -1.88. The Kier molecular flexibility index (Phi) is 5.33. The lowest BCUT2D eigenvalue weighted by Crippen LogP contribution is -2.50. The van der Waals surface area contributed by atoms with Crippen LogP contribution in [0, 0.1) is 6.92 Å². The molecule has 1 aliphatic heterocycles. The molecule has 2 rings (SSSR count). The summed E-state index contributed by atoms with van der Waals surface area (Å²) < 4.78 is 4.75. The summed E-state index contributed by atoms with van der Waals surface area (Å²) in [6.07, 6.45) is 0. The second-order valence-electron chi connectivity index (χ2n) is 5.27. The van der Waals surface area contributed by atoms with Crippen LogP contribution in [0.2, 0.25) is 0 Å². The molecule has 1 aromatic rings. The molecule has 0 aliphatic carbocycles. The van der Waals surface area contributed by atoms with E-state index in [1.807, 2.05) is 0 Å². The average molecular weight is 290 g/mol. The van der Waals surface area contributed by atoms with Gasteiger partial charge in [0, 0.05) is 32.7 Å². The summed E-state index contributed by atoms with van der Waals surface area (Å²) >= 11 is 0. The second-order valence-corrected chi connectivity index (χ2v) is 5.27. The Bertz CT molecular complexity index is 491. The molecule has 0 N–H and O–H groups in total. The van der Waals surface area contributed by atoms with Gasteiger partial charge >= 0.3 is 11.9 Å². The summed E-state index contributed by atoms with van der Waals surface area (Å²) in [6.45, 7) is 7.58. The summed E-state index contributed by atoms with van der Waals surface area (Å²) in [5.41, 5.74) is 2.52. The Balaban J connectivity index is 1.81. The number of hydrogen-bond acceptors (Lipinski definition) is 4. The van der Waals surface area contributed by atoms with E-state index < -0.39 is 11.9 Å². The summed E-state index contributed by atoms with van der Waals surface area (Å²) in [6, 6.07) is 8.47. The fraction of sp³-hybridized carbons (Fsp3) is 0.500. The fourth-order valence-electron chi connectivity index (χ4n) is 2.38. The molecule has 5 nitrogen and oxygen atoms in total. The molecule has 0 aromatic heterocycles. The molecule has 0 unspecified atom stereocenters. The summed E-state index contributed by atoms with van der Waals surface area (Å²) in [5.74, 6) is -1.27. The number of ether oxygens (including phenoxy) is 1. The van der Waals surface area contributed by atoms with Crippen molar-refractivity contribution < 1.29 is 14.3 Å². The van der Waals surface area contributed by atoms with Crippen LogP contribution in [0.3, 0.4) is 0 Å². The molecule has 0 spiro atoms. The van der Waals surface area contributed by atoms with E-state index in [9.17, 15) is 9.59 Å². The summed E-state index contributed by atoms with van der Waals surface area (Å²) in [5, 5.41) is 0. The lowest BCUT2D eigenvalue weighted by molar-refractivity contribution is -0.160. The monoisotopic (exact) mass is 290 g/mol. The van der Waals surface area contributed by atoms with Gasteiger partial charge in [-0.05, 0) is 19.4 Å². The highest BCUT2D eigenvalue weighted by Crippen LogP contribution is 2.10. The van der Waals surface area contributed by atoms with Crippen LogP contribution in [-0.4, -0.2) is 54.5 Å². The van der Waals surface area contributed by atoms with Crippen molar-refractivity contribution in [1.29, 1.82) is 0 Å². The molecule has 1 fully saturated rings. The van der Waals surface area contributed by atoms with Gasteiger partial charge in [0.2, 0.25) is 0 Å². The highest BCUT2D eigenvalue weighted by atomic mass is 16.5. The van der Waals surface area contributed by atoms with E-state index in [2.05, 4.69) is 36.1 Å². The zero-order valence-corrected chi connectivity index (χ0v) is 12.7. The van der Waals surface area contributed by atoms with E-state index in [1.54, 1.807) is 11.8 Å². The normalized spacial score (nSPS) is 15.8. The molecule has 0 atom stereocenters. The predicted molar refractivity (Wildman–Crippen MR) is 79.7 cm³/mol. The van der Waals surface area contributed by atoms with Crippen molar-refractivity contribution in [1.82, 2.24) is 9.80 Å². The topological polar surface area (TPSA) is 49.9 Å². The molecule has 1 amide bonds. The largest absolute Gasteiger partial charge is 0.459 e. The van der Waals surface area contributed by atoms with E-state index in [4.69, 9.17) is 4.74 Å². The zero-order chi connectivity index (χ0) is 15.2. The fourth-order valence-corrected chi connectivity index (χ4v) is 2.38. The smallest absolute Gasteiger partial charge is 0.397 e. The highest BCUT2D eigenvalue weighted by molar-refractivity contribution is 6.32. The van der Waals surface area contributed by atoms with E-state index in [0.29, 0.717) is 13.1 Å². The quantitative estimate of drug-likeness (QED) is 0.620. The first-order valence-corrected chi connectivity index (χ1v) is 7.34. The van der Waals surface area contributed by atoms with Gasteiger partial charge in [-0.2, -0.15) is 0 Å². The third kappa shape index (κ3) is 4.29. The Morgan fingerprint density at radius 3 is 2.29 bits per heavy atom. The van der Waals surface area contributed by atoms with Gasteiger partial charge in [0.05, 0.1) is 6.61 Å². The van der Waals surface area contributed by atoms with Crippen LogP contribution in [0.1, 0.15) is 18.1 Å². The van der Waals surface area contributed by atoms with Crippen molar-refractivity contribution in [2.24, 2.45) is 0 Å². The van der Waals surface area contributed by atoms with Gasteiger partial charge < -0.3 is 9.64 Å². The van der Waals surface area contributed by atoms with E-state index in [0.717, 1.165) is 19.6 Å². The molecule has 21 heavy (non-hydrogen) atoms. The first kappa shape index (κ1) is 15.5. The predicted octanol–water partition coefficient (Wildman–Crippen LogP) is 1.20. The number of carbonyl (C=O) groups is 2. The molecule has 0 saturated carbocycles. The van der Waals surface area contributed by atoms with Crippen molar-refractivity contribution in [3.63, 3.8) is 0 Å². The average Bonchev–Trinajstić information content (AvgIpc) is 2.50. The van der Waals surface area contributed by atoms with Gasteiger partial charge in [-0.1, -0.05) is 29.8 Å². The molecular formula is C16H22N2O3. The van der Waals surface area contributed by atoms with Gasteiger partial charge in [0.25, 0.3) is 0 Å². The number of esters is 1. The molecule has 0 bridgehead atoms. The molecule has 114 valence electrons. The molecular weight excluding hydrogens is 268 g/mol. The van der Waals surface area contributed by atoms with E-state index in [-0.39, 0.29) is 6.61 Å². The van der Waals surface area contributed by atoms with Crippen LogP contribution in [0.4, 0.5) is 0 Å². The van der Waals surface area contributed by atoms with Crippen LogP contribution in [0.15, 0.2) is 24.3 Å². The minimum absolute atomic E-state index is 0.234. The number of hydrogen-bond donors (Lipinski definition) is 0. The van der Waals surface area contributed by atoms with Crippen LogP contribution >= 0.6 is 0 Å². The zero-order valence-electron chi connectivity index (χ0n) is 12.7. The summed E-state index contributed by atoms with van der Waals surface area (Å²) in [4.78, 5) is 27.1. The van der Waals surface area contributed by atoms with Crippen LogP contribution in [0.5, 0.6) is 0 Å². The standard InChI is InChI=1S/C16H22N2O3/c1-3-21-16(20)15(19)18-10-8-17(9-11-18)12-14-6-4-13(2)5-7-14/h4-7H,3,8-12H2,1-2H3. The van der Waals surface area contributed by atoms with Gasteiger partial charge in [-0.15, -0.1) is 0 Å². The lowest BCUT2D eigenvalue weighted by atomic mass is 10.1. The Morgan fingerprint density at radius 2 is 1.71 bits per heavy atom. The SMILES string of the molecule is CCOC(=O)C(=O)N1CCN(Cc2ccc(C)cc2)CC1. The number of carbonyl (C=O) groups excluding carboxylic acids is 2. The van der Waals surface area contributed by atoms with Crippen molar-refractivity contribution in [3.05, 3.63) is 35.4 Å². The van der Waals surface area contributed by atoms with Gasteiger partial charge in [-0.25, -0.2) is 4.79 Å². The maximum Gasteiger partial charge on any atom is 0.397 e. The Morgan fingerprint density at radius 1 is 1.10 bits per heavy atom. The minimum atomic E-state index is -0.746. The highest BCUT2D eigenvalue weighted by Gasteiger charge is 2.26. The molecule has 5 heteroatoms. The summed E-state index contributed by atoms with van der Waals surface area (Å²) in [7, 11) is 0. The Labute approximate surface area is 125 Å². The third-order valence-corrected chi connectivity index (χ3v) is 3.64. The van der Waals surface area contributed by atoms with Crippen molar-refractivity contribution >= 4 is 11.9 Å². The number of nitrogens with zero attached hydrogens (tertiary/aromatic N) is 2. The molecule has 1 aliphatic rings. The molecule has 1 heterocycles.